The molecule has 0 spiro atoms. The van der Waals surface area contributed by atoms with Crippen LogP contribution in [0.2, 0.25) is 0 Å². The number of hydrogen-bond donors (Lipinski definition) is 4. The SMILES string of the molecule is CCCN(CCC)C(=O)c1cc(C)cc(C(=O)NO[C@@H](COc2cc(F)cc(F)c2)[C@@H](O)[C@H](O)CO)c1. The minimum Gasteiger partial charge on any atom is -0.490 e. The summed E-state index contributed by atoms with van der Waals surface area (Å²) in [5.41, 5.74) is 3.25. The van der Waals surface area contributed by atoms with Gasteiger partial charge in [0, 0.05) is 42.4 Å². The Morgan fingerprint density at radius 2 is 1.57 bits per heavy atom. The molecule has 0 aromatic heterocycles. The number of rotatable bonds is 14. The van der Waals surface area contributed by atoms with Gasteiger partial charge in [0.2, 0.25) is 0 Å². The molecule has 2 amide bonds. The van der Waals surface area contributed by atoms with Crippen molar-refractivity contribution in [1.29, 1.82) is 0 Å². The number of aryl methyl sites for hydroxylation is 1. The van der Waals surface area contributed by atoms with Crippen molar-refractivity contribution in [3.05, 3.63) is 64.7 Å². The van der Waals surface area contributed by atoms with Crippen LogP contribution in [0, 0.1) is 18.6 Å². The molecule has 0 unspecified atom stereocenters. The van der Waals surface area contributed by atoms with Crippen LogP contribution >= 0.6 is 0 Å². The highest BCUT2D eigenvalue weighted by Gasteiger charge is 2.29. The van der Waals surface area contributed by atoms with Gasteiger partial charge in [-0.05, 0) is 43.5 Å². The molecule has 3 atom stereocenters. The number of aliphatic hydroxyl groups excluding tert-OH is 3. The van der Waals surface area contributed by atoms with Gasteiger partial charge in [-0.2, -0.15) is 0 Å². The number of hydrogen-bond acceptors (Lipinski definition) is 7. The van der Waals surface area contributed by atoms with E-state index < -0.39 is 49.1 Å². The van der Waals surface area contributed by atoms with E-state index in [1.54, 1.807) is 24.0 Å². The third-order valence-corrected chi connectivity index (χ3v) is 5.38. The second-order valence-corrected chi connectivity index (χ2v) is 8.62. The normalized spacial score (nSPS) is 13.5. The molecule has 2 aromatic rings. The number of nitrogens with zero attached hydrogens (tertiary/aromatic N) is 1. The summed E-state index contributed by atoms with van der Waals surface area (Å²) in [5, 5.41) is 29.3. The standard InChI is InChI=1S/C26H34F2N2O7/c1-4-6-30(7-5-2)26(35)18-9-16(3)8-17(10-18)25(34)29-37-23(24(33)22(32)14-31)15-36-21-12-19(27)11-20(28)13-21/h8-13,22-24,31-33H,4-7,14-15H2,1-3H3,(H,29,34)/t22-,23+,24+/m1/s1. The van der Waals surface area contributed by atoms with Crippen LogP contribution in [-0.2, 0) is 4.84 Å². The molecule has 0 radical (unpaired) electrons. The Morgan fingerprint density at radius 1 is 0.973 bits per heavy atom. The molecule has 204 valence electrons. The summed E-state index contributed by atoms with van der Waals surface area (Å²) in [5.74, 6) is -2.95. The van der Waals surface area contributed by atoms with Crippen LogP contribution in [0.5, 0.6) is 5.75 Å². The monoisotopic (exact) mass is 524 g/mol. The van der Waals surface area contributed by atoms with Crippen LogP contribution < -0.4 is 10.2 Å². The van der Waals surface area contributed by atoms with Gasteiger partial charge in [-0.3, -0.25) is 14.4 Å². The Balaban J connectivity index is 2.17. The second-order valence-electron chi connectivity index (χ2n) is 8.62. The highest BCUT2D eigenvalue weighted by Crippen LogP contribution is 2.17. The molecule has 0 aliphatic heterocycles. The van der Waals surface area contributed by atoms with Crippen LogP contribution in [0.25, 0.3) is 0 Å². The van der Waals surface area contributed by atoms with Crippen LogP contribution in [0.3, 0.4) is 0 Å². The highest BCUT2D eigenvalue weighted by molar-refractivity contribution is 5.99. The molecule has 0 fully saturated rings. The van der Waals surface area contributed by atoms with Crippen molar-refractivity contribution in [3.63, 3.8) is 0 Å². The van der Waals surface area contributed by atoms with Crippen LogP contribution in [0.4, 0.5) is 8.78 Å². The second kappa shape index (κ2) is 14.6. The van der Waals surface area contributed by atoms with E-state index in [2.05, 4.69) is 5.48 Å². The minimum absolute atomic E-state index is 0.111. The average molecular weight is 525 g/mol. The molecule has 2 aromatic carbocycles. The number of carbonyl (C=O) groups is 2. The van der Waals surface area contributed by atoms with Gasteiger partial charge in [0.15, 0.2) is 0 Å². The van der Waals surface area contributed by atoms with Crippen LogP contribution in [0.1, 0.15) is 53.0 Å². The number of benzene rings is 2. The van der Waals surface area contributed by atoms with Crippen LogP contribution in [-0.4, -0.2) is 76.6 Å². The Labute approximate surface area is 214 Å². The molecule has 0 saturated heterocycles. The minimum atomic E-state index is -1.73. The number of nitrogens with one attached hydrogen (secondary N) is 1. The van der Waals surface area contributed by atoms with Crippen molar-refractivity contribution < 1.29 is 43.3 Å². The first-order valence-corrected chi connectivity index (χ1v) is 12.0. The van der Waals surface area contributed by atoms with E-state index >= 15 is 0 Å². The number of carbonyl (C=O) groups excluding carboxylic acids is 2. The fraction of sp³-hybridized carbons (Fsp3) is 0.462. The summed E-state index contributed by atoms with van der Waals surface area (Å²) in [4.78, 5) is 32.8. The predicted molar refractivity (Wildman–Crippen MR) is 131 cm³/mol. The van der Waals surface area contributed by atoms with Gasteiger partial charge in [-0.1, -0.05) is 13.8 Å². The highest BCUT2D eigenvalue weighted by atomic mass is 19.1. The number of halogens is 2. The molecule has 37 heavy (non-hydrogen) atoms. The molecular weight excluding hydrogens is 490 g/mol. The molecule has 0 aliphatic carbocycles. The lowest BCUT2D eigenvalue weighted by Gasteiger charge is -2.26. The van der Waals surface area contributed by atoms with Crippen molar-refractivity contribution in [2.75, 3.05) is 26.3 Å². The fourth-order valence-electron chi connectivity index (χ4n) is 3.61. The van der Waals surface area contributed by atoms with Gasteiger partial charge in [0.25, 0.3) is 11.8 Å². The molecule has 0 aliphatic rings. The number of aliphatic hydroxyl groups is 3. The molecular formula is C26H34F2N2O7. The molecule has 0 heterocycles. The van der Waals surface area contributed by atoms with Crippen LogP contribution in [0.15, 0.2) is 36.4 Å². The van der Waals surface area contributed by atoms with E-state index in [0.29, 0.717) is 30.3 Å². The first-order chi connectivity index (χ1) is 17.6. The predicted octanol–water partition coefficient (Wildman–Crippen LogP) is 2.36. The zero-order chi connectivity index (χ0) is 27.5. The summed E-state index contributed by atoms with van der Waals surface area (Å²) in [7, 11) is 0. The van der Waals surface area contributed by atoms with Crippen molar-refractivity contribution in [3.8, 4) is 5.75 Å². The molecule has 11 heteroatoms. The Bertz CT molecular complexity index is 1030. The van der Waals surface area contributed by atoms with E-state index in [-0.39, 0.29) is 17.2 Å². The van der Waals surface area contributed by atoms with E-state index in [9.17, 15) is 33.7 Å². The van der Waals surface area contributed by atoms with Gasteiger partial charge >= 0.3 is 0 Å². The van der Waals surface area contributed by atoms with Crippen molar-refractivity contribution in [2.24, 2.45) is 0 Å². The lowest BCUT2D eigenvalue weighted by atomic mass is 10.0. The summed E-state index contributed by atoms with van der Waals surface area (Å²) >= 11 is 0. The van der Waals surface area contributed by atoms with Gasteiger partial charge in [-0.15, -0.1) is 0 Å². The number of hydroxylamine groups is 1. The third-order valence-electron chi connectivity index (χ3n) is 5.38. The average Bonchev–Trinajstić information content (AvgIpc) is 2.86. The topological polar surface area (TPSA) is 129 Å². The van der Waals surface area contributed by atoms with E-state index in [1.165, 1.54) is 6.07 Å². The maximum absolute atomic E-state index is 13.4. The maximum atomic E-state index is 13.4. The Kier molecular flexibility index (Phi) is 11.9. The largest absolute Gasteiger partial charge is 0.490 e. The lowest BCUT2D eigenvalue weighted by Crippen LogP contribution is -2.47. The zero-order valence-electron chi connectivity index (χ0n) is 21.1. The fourth-order valence-corrected chi connectivity index (χ4v) is 3.61. The first kappa shape index (κ1) is 30.1. The molecule has 4 N–H and O–H groups in total. The Hall–Kier alpha value is -3.12. The van der Waals surface area contributed by atoms with Crippen molar-refractivity contribution in [1.82, 2.24) is 10.4 Å². The summed E-state index contributed by atoms with van der Waals surface area (Å²) in [6.07, 6.45) is -3.25. The smallest absolute Gasteiger partial charge is 0.274 e. The van der Waals surface area contributed by atoms with Gasteiger partial charge in [0.05, 0.1) is 6.61 Å². The summed E-state index contributed by atoms with van der Waals surface area (Å²) in [6, 6.07) is 7.09. The molecule has 0 saturated carbocycles. The third kappa shape index (κ3) is 9.04. The quantitative estimate of drug-likeness (QED) is 0.279. The number of ether oxygens (including phenoxy) is 1. The van der Waals surface area contributed by atoms with E-state index in [1.807, 2.05) is 13.8 Å². The van der Waals surface area contributed by atoms with E-state index in [4.69, 9.17) is 9.57 Å². The molecule has 0 bridgehead atoms. The van der Waals surface area contributed by atoms with Gasteiger partial charge < -0.3 is 25.0 Å². The summed E-state index contributed by atoms with van der Waals surface area (Å²) in [6.45, 7) is 5.46. The molecule has 9 nitrogen and oxygen atoms in total. The van der Waals surface area contributed by atoms with Crippen molar-refractivity contribution in [2.45, 2.75) is 51.9 Å². The van der Waals surface area contributed by atoms with Crippen molar-refractivity contribution >= 4 is 11.8 Å². The summed E-state index contributed by atoms with van der Waals surface area (Å²) < 4.78 is 32.1. The molecule has 2 rings (SSSR count). The van der Waals surface area contributed by atoms with Gasteiger partial charge in [0.1, 0.15) is 42.3 Å². The maximum Gasteiger partial charge on any atom is 0.274 e. The first-order valence-electron chi connectivity index (χ1n) is 12.0. The lowest BCUT2D eigenvalue weighted by molar-refractivity contribution is -0.133. The number of amides is 2. The zero-order valence-corrected chi connectivity index (χ0v) is 21.1. The van der Waals surface area contributed by atoms with Gasteiger partial charge in [-0.25, -0.2) is 14.3 Å². The van der Waals surface area contributed by atoms with E-state index in [0.717, 1.165) is 25.0 Å². The Morgan fingerprint density at radius 3 is 2.14 bits per heavy atom.